The van der Waals surface area contributed by atoms with E-state index in [4.69, 9.17) is 4.74 Å². The lowest BCUT2D eigenvalue weighted by molar-refractivity contribution is -0.133. The van der Waals surface area contributed by atoms with Crippen molar-refractivity contribution in [2.75, 3.05) is 6.54 Å². The summed E-state index contributed by atoms with van der Waals surface area (Å²) >= 11 is 0. The van der Waals surface area contributed by atoms with Gasteiger partial charge in [0.15, 0.2) is 0 Å². The highest BCUT2D eigenvalue weighted by Gasteiger charge is 2.09. The number of hydrogen-bond donors (Lipinski definition) is 1. The number of rotatable bonds is 4. The maximum atomic E-state index is 11.7. The van der Waals surface area contributed by atoms with Crippen molar-refractivity contribution in [3.8, 4) is 5.75 Å². The number of benzene rings is 1. The molecule has 0 saturated carbocycles. The first-order valence-electron chi connectivity index (χ1n) is 6.11. The Morgan fingerprint density at radius 1 is 1.20 bits per heavy atom. The molecule has 2 rings (SSSR count). The van der Waals surface area contributed by atoms with Crippen LogP contribution in [0.5, 0.6) is 5.75 Å². The number of ether oxygens (including phenoxy) is 1. The van der Waals surface area contributed by atoms with Gasteiger partial charge in [-0.2, -0.15) is 0 Å². The Labute approximate surface area is 116 Å². The van der Waals surface area contributed by atoms with Gasteiger partial charge in [0.2, 0.25) is 0 Å². The van der Waals surface area contributed by atoms with Crippen LogP contribution in [0.2, 0.25) is 0 Å². The van der Waals surface area contributed by atoms with Gasteiger partial charge in [-0.05, 0) is 31.2 Å². The van der Waals surface area contributed by atoms with E-state index in [0.717, 1.165) is 5.56 Å². The van der Waals surface area contributed by atoms with Crippen molar-refractivity contribution >= 4 is 11.9 Å². The van der Waals surface area contributed by atoms with Crippen LogP contribution in [-0.2, 0) is 4.79 Å². The Morgan fingerprint density at radius 3 is 2.60 bits per heavy atom. The molecular weight excluding hydrogens is 256 g/mol. The molecule has 0 unspecified atom stereocenters. The Kier molecular flexibility index (Phi) is 4.44. The first kappa shape index (κ1) is 13.7. The standard InChI is InChI=1S/C15H14N2O3/c1-11-4-6-13(7-5-11)20-14(18)10-17-15(19)12-3-2-8-16-9-12/h2-9H,10H2,1H3,(H,17,19). The van der Waals surface area contributed by atoms with E-state index in [9.17, 15) is 9.59 Å². The van der Waals surface area contributed by atoms with Crippen LogP contribution in [-0.4, -0.2) is 23.4 Å². The molecular formula is C15H14N2O3. The van der Waals surface area contributed by atoms with Crippen LogP contribution in [0.25, 0.3) is 0 Å². The van der Waals surface area contributed by atoms with E-state index in [1.54, 1.807) is 30.5 Å². The van der Waals surface area contributed by atoms with Crippen molar-refractivity contribution in [3.63, 3.8) is 0 Å². The maximum Gasteiger partial charge on any atom is 0.330 e. The molecule has 20 heavy (non-hydrogen) atoms. The van der Waals surface area contributed by atoms with E-state index in [-0.39, 0.29) is 12.5 Å². The van der Waals surface area contributed by atoms with Crippen LogP contribution in [0.15, 0.2) is 48.8 Å². The fourth-order valence-corrected chi connectivity index (χ4v) is 1.53. The number of nitrogens with zero attached hydrogens (tertiary/aromatic N) is 1. The van der Waals surface area contributed by atoms with Crippen LogP contribution in [0, 0.1) is 6.92 Å². The number of aromatic nitrogens is 1. The van der Waals surface area contributed by atoms with Crippen LogP contribution in [0.3, 0.4) is 0 Å². The molecule has 0 aliphatic carbocycles. The van der Waals surface area contributed by atoms with Gasteiger partial charge in [-0.25, -0.2) is 4.79 Å². The minimum Gasteiger partial charge on any atom is -0.425 e. The third kappa shape index (κ3) is 3.91. The summed E-state index contributed by atoms with van der Waals surface area (Å²) < 4.78 is 5.09. The molecule has 0 fully saturated rings. The van der Waals surface area contributed by atoms with E-state index in [2.05, 4.69) is 10.3 Å². The minimum absolute atomic E-state index is 0.193. The van der Waals surface area contributed by atoms with Gasteiger partial charge in [0.05, 0.1) is 5.56 Å². The second-order valence-electron chi connectivity index (χ2n) is 4.21. The summed E-state index contributed by atoms with van der Waals surface area (Å²) in [4.78, 5) is 27.1. The number of pyridine rings is 1. The molecule has 1 aromatic heterocycles. The summed E-state index contributed by atoms with van der Waals surface area (Å²) in [6, 6.07) is 10.4. The van der Waals surface area contributed by atoms with Crippen LogP contribution in [0.1, 0.15) is 15.9 Å². The highest BCUT2D eigenvalue weighted by molar-refractivity contribution is 5.95. The van der Waals surface area contributed by atoms with Crippen LogP contribution in [0.4, 0.5) is 0 Å². The van der Waals surface area contributed by atoms with Gasteiger partial charge in [0, 0.05) is 12.4 Å². The summed E-state index contributed by atoms with van der Waals surface area (Å²) in [6.45, 7) is 1.75. The maximum absolute atomic E-state index is 11.7. The van der Waals surface area contributed by atoms with E-state index < -0.39 is 5.97 Å². The predicted molar refractivity (Wildman–Crippen MR) is 73.4 cm³/mol. The monoisotopic (exact) mass is 270 g/mol. The molecule has 1 heterocycles. The zero-order valence-corrected chi connectivity index (χ0v) is 11.0. The molecule has 0 aliphatic rings. The lowest BCUT2D eigenvalue weighted by Gasteiger charge is -2.06. The molecule has 0 aliphatic heterocycles. The second-order valence-corrected chi connectivity index (χ2v) is 4.21. The number of carbonyl (C=O) groups is 2. The average molecular weight is 270 g/mol. The van der Waals surface area contributed by atoms with Crippen LogP contribution < -0.4 is 10.1 Å². The van der Waals surface area contributed by atoms with Crippen LogP contribution >= 0.6 is 0 Å². The zero-order valence-electron chi connectivity index (χ0n) is 11.0. The summed E-state index contributed by atoms with van der Waals surface area (Å²) in [5.74, 6) is -0.429. The van der Waals surface area contributed by atoms with Crippen molar-refractivity contribution in [1.29, 1.82) is 0 Å². The first-order chi connectivity index (χ1) is 9.65. The molecule has 0 bridgehead atoms. The van der Waals surface area contributed by atoms with Gasteiger partial charge >= 0.3 is 5.97 Å². The Balaban J connectivity index is 1.83. The fourth-order valence-electron chi connectivity index (χ4n) is 1.53. The molecule has 102 valence electrons. The van der Waals surface area contributed by atoms with Gasteiger partial charge in [-0.15, -0.1) is 0 Å². The van der Waals surface area contributed by atoms with Crippen molar-refractivity contribution in [2.45, 2.75) is 6.92 Å². The fraction of sp³-hybridized carbons (Fsp3) is 0.133. The molecule has 1 N–H and O–H groups in total. The van der Waals surface area contributed by atoms with Gasteiger partial charge in [-0.3, -0.25) is 9.78 Å². The smallest absolute Gasteiger partial charge is 0.330 e. The number of nitrogens with one attached hydrogen (secondary N) is 1. The number of hydrogen-bond acceptors (Lipinski definition) is 4. The zero-order chi connectivity index (χ0) is 14.4. The Hall–Kier alpha value is -2.69. The SMILES string of the molecule is Cc1ccc(OC(=O)CNC(=O)c2cccnc2)cc1. The summed E-state index contributed by atoms with van der Waals surface area (Å²) in [6.07, 6.45) is 3.00. The molecule has 5 nitrogen and oxygen atoms in total. The average Bonchev–Trinajstić information content (AvgIpc) is 2.48. The summed E-state index contributed by atoms with van der Waals surface area (Å²) in [7, 11) is 0. The van der Waals surface area contributed by atoms with Crippen molar-refractivity contribution in [1.82, 2.24) is 10.3 Å². The Bertz CT molecular complexity index is 594. The third-order valence-electron chi connectivity index (χ3n) is 2.57. The molecule has 0 atom stereocenters. The summed E-state index contributed by atoms with van der Waals surface area (Å²) in [5.41, 5.74) is 1.48. The lowest BCUT2D eigenvalue weighted by atomic mass is 10.2. The molecule has 0 radical (unpaired) electrons. The van der Waals surface area contributed by atoms with E-state index >= 15 is 0 Å². The molecule has 1 amide bonds. The first-order valence-corrected chi connectivity index (χ1v) is 6.11. The molecule has 0 spiro atoms. The van der Waals surface area contributed by atoms with Crippen molar-refractivity contribution < 1.29 is 14.3 Å². The van der Waals surface area contributed by atoms with Crippen molar-refractivity contribution in [2.24, 2.45) is 0 Å². The van der Waals surface area contributed by atoms with Gasteiger partial charge in [0.1, 0.15) is 12.3 Å². The molecule has 1 aromatic carbocycles. The topological polar surface area (TPSA) is 68.3 Å². The largest absolute Gasteiger partial charge is 0.425 e. The second kappa shape index (κ2) is 6.47. The highest BCUT2D eigenvalue weighted by atomic mass is 16.5. The van der Waals surface area contributed by atoms with E-state index in [1.807, 2.05) is 19.1 Å². The quantitative estimate of drug-likeness (QED) is 0.678. The third-order valence-corrected chi connectivity index (χ3v) is 2.57. The highest BCUT2D eigenvalue weighted by Crippen LogP contribution is 2.11. The van der Waals surface area contributed by atoms with E-state index in [0.29, 0.717) is 11.3 Å². The Morgan fingerprint density at radius 2 is 1.95 bits per heavy atom. The minimum atomic E-state index is -0.522. The lowest BCUT2D eigenvalue weighted by Crippen LogP contribution is -2.31. The normalized spacial score (nSPS) is 9.85. The predicted octanol–water partition coefficient (Wildman–Crippen LogP) is 1.73. The number of aryl methyl sites for hydroxylation is 1. The van der Waals surface area contributed by atoms with Gasteiger partial charge < -0.3 is 10.1 Å². The van der Waals surface area contributed by atoms with Gasteiger partial charge in [-0.1, -0.05) is 17.7 Å². The van der Waals surface area contributed by atoms with Crippen molar-refractivity contribution in [3.05, 3.63) is 59.9 Å². The number of esters is 1. The molecule has 2 aromatic rings. The molecule has 0 saturated heterocycles. The van der Waals surface area contributed by atoms with E-state index in [1.165, 1.54) is 6.20 Å². The number of carbonyl (C=O) groups excluding carboxylic acids is 2. The van der Waals surface area contributed by atoms with Gasteiger partial charge in [0.25, 0.3) is 5.91 Å². The molecule has 5 heteroatoms. The summed E-state index contributed by atoms with van der Waals surface area (Å²) in [5, 5.41) is 2.48. The number of amides is 1.